The minimum atomic E-state index is -0.642. The molecule has 0 unspecified atom stereocenters. The molecule has 0 N–H and O–H groups in total. The van der Waals surface area contributed by atoms with E-state index in [0.717, 1.165) is 6.07 Å². The zero-order chi connectivity index (χ0) is 10.7. The van der Waals surface area contributed by atoms with E-state index in [1.54, 1.807) is 22.6 Å². The summed E-state index contributed by atoms with van der Waals surface area (Å²) < 4.78 is 4.64. The van der Waals surface area contributed by atoms with Gasteiger partial charge in [0.05, 0.1) is 17.6 Å². The summed E-state index contributed by atoms with van der Waals surface area (Å²) in [6.45, 7) is 0. The molecule has 0 amide bonds. The summed E-state index contributed by atoms with van der Waals surface area (Å²) in [6.07, 6.45) is 1.24. The summed E-state index contributed by atoms with van der Waals surface area (Å²) in [4.78, 5) is 24.6. The van der Waals surface area contributed by atoms with Crippen LogP contribution in [0.3, 0.4) is 0 Å². The third-order valence-electron chi connectivity index (χ3n) is 1.44. The Morgan fingerprint density at radius 3 is 2.86 bits per heavy atom. The maximum atomic E-state index is 11.0. The Bertz CT molecular complexity index is 393. The molecule has 0 aliphatic heterocycles. The van der Waals surface area contributed by atoms with Crippen LogP contribution in [0.25, 0.3) is 0 Å². The number of nitro groups is 1. The van der Waals surface area contributed by atoms with E-state index in [1.807, 2.05) is 0 Å². The smallest absolute Gasteiger partial charge is 0.339 e. The van der Waals surface area contributed by atoms with Crippen molar-refractivity contribution in [1.29, 1.82) is 0 Å². The number of aromatic nitrogens is 1. The van der Waals surface area contributed by atoms with Crippen molar-refractivity contribution in [3.05, 3.63) is 31.6 Å². The minimum absolute atomic E-state index is 0.0691. The van der Waals surface area contributed by atoms with Crippen LogP contribution in [0, 0.1) is 13.8 Å². The number of esters is 1. The average molecular weight is 308 g/mol. The molecule has 7 heteroatoms. The molecule has 14 heavy (non-hydrogen) atoms. The number of nitrogens with zero attached hydrogens (tertiary/aromatic N) is 2. The number of methoxy groups -OCH3 is 1. The first kappa shape index (κ1) is 10.8. The zero-order valence-electron chi connectivity index (χ0n) is 7.06. The largest absolute Gasteiger partial charge is 0.465 e. The van der Waals surface area contributed by atoms with E-state index in [2.05, 4.69) is 9.72 Å². The van der Waals surface area contributed by atoms with E-state index in [1.165, 1.54) is 13.3 Å². The number of rotatable bonds is 2. The summed E-state index contributed by atoms with van der Waals surface area (Å²) in [6, 6.07) is 1.14. The number of pyridine rings is 1. The van der Waals surface area contributed by atoms with Gasteiger partial charge < -0.3 is 4.74 Å². The number of hydrogen-bond acceptors (Lipinski definition) is 5. The highest BCUT2D eigenvalue weighted by molar-refractivity contribution is 14.1. The first-order valence-electron chi connectivity index (χ1n) is 3.44. The fourth-order valence-electron chi connectivity index (χ4n) is 0.794. The lowest BCUT2D eigenvalue weighted by Gasteiger charge is -1.99. The number of halogens is 1. The van der Waals surface area contributed by atoms with Gasteiger partial charge in [0, 0.05) is 12.3 Å². The van der Waals surface area contributed by atoms with Gasteiger partial charge >= 0.3 is 11.7 Å². The number of ether oxygens (including phenoxy) is 1. The van der Waals surface area contributed by atoms with Gasteiger partial charge in [-0.2, -0.15) is 0 Å². The van der Waals surface area contributed by atoms with E-state index in [4.69, 9.17) is 0 Å². The van der Waals surface area contributed by atoms with Crippen molar-refractivity contribution in [2.75, 3.05) is 7.11 Å². The SMILES string of the molecule is COC(=O)c1cnc(I)c([N+](=O)[O-])c1. The summed E-state index contributed by atoms with van der Waals surface area (Å²) >= 11 is 1.72. The molecule has 74 valence electrons. The van der Waals surface area contributed by atoms with Crippen LogP contribution < -0.4 is 0 Å². The van der Waals surface area contributed by atoms with Gasteiger partial charge in [-0.1, -0.05) is 0 Å². The third kappa shape index (κ3) is 2.16. The molecular weight excluding hydrogens is 303 g/mol. The highest BCUT2D eigenvalue weighted by Crippen LogP contribution is 2.19. The van der Waals surface area contributed by atoms with Crippen molar-refractivity contribution < 1.29 is 14.5 Å². The summed E-state index contributed by atoms with van der Waals surface area (Å²) in [5.41, 5.74) is -0.131. The van der Waals surface area contributed by atoms with Gasteiger partial charge in [-0.25, -0.2) is 9.78 Å². The highest BCUT2D eigenvalue weighted by atomic mass is 127. The molecule has 0 saturated heterocycles. The maximum Gasteiger partial charge on any atom is 0.339 e. The number of carbonyl (C=O) groups excluding carboxylic acids is 1. The Labute approximate surface area is 92.6 Å². The van der Waals surface area contributed by atoms with Gasteiger partial charge in [-0.3, -0.25) is 10.1 Å². The molecule has 1 rings (SSSR count). The van der Waals surface area contributed by atoms with Crippen LogP contribution in [0.1, 0.15) is 10.4 Å². The first-order valence-corrected chi connectivity index (χ1v) is 4.52. The third-order valence-corrected chi connectivity index (χ3v) is 2.27. The van der Waals surface area contributed by atoms with E-state index >= 15 is 0 Å². The van der Waals surface area contributed by atoms with Gasteiger partial charge in [0.1, 0.15) is 0 Å². The molecule has 0 aromatic carbocycles. The van der Waals surface area contributed by atoms with E-state index in [0.29, 0.717) is 0 Å². The van der Waals surface area contributed by atoms with E-state index in [9.17, 15) is 14.9 Å². The minimum Gasteiger partial charge on any atom is -0.465 e. The fourth-order valence-corrected chi connectivity index (χ4v) is 1.29. The summed E-state index contributed by atoms with van der Waals surface area (Å²) in [7, 11) is 1.20. The Hall–Kier alpha value is -1.25. The van der Waals surface area contributed by atoms with Crippen LogP contribution in [0.2, 0.25) is 0 Å². The van der Waals surface area contributed by atoms with Crippen LogP contribution in [0.4, 0.5) is 5.69 Å². The van der Waals surface area contributed by atoms with Crippen LogP contribution in [-0.4, -0.2) is 23.0 Å². The maximum absolute atomic E-state index is 11.0. The highest BCUT2D eigenvalue weighted by Gasteiger charge is 2.17. The molecule has 0 aliphatic carbocycles. The fraction of sp³-hybridized carbons (Fsp3) is 0.143. The zero-order valence-corrected chi connectivity index (χ0v) is 9.22. The topological polar surface area (TPSA) is 82.3 Å². The lowest BCUT2D eigenvalue weighted by atomic mass is 10.3. The van der Waals surface area contributed by atoms with Crippen LogP contribution >= 0.6 is 22.6 Å². The van der Waals surface area contributed by atoms with Crippen LogP contribution in [0.15, 0.2) is 12.3 Å². The quantitative estimate of drug-likeness (QED) is 0.271. The summed E-state index contributed by atoms with van der Waals surface area (Å²) in [5, 5.41) is 10.5. The monoisotopic (exact) mass is 308 g/mol. The molecule has 0 aliphatic rings. The number of hydrogen-bond donors (Lipinski definition) is 0. The Morgan fingerprint density at radius 1 is 1.71 bits per heavy atom. The Kier molecular flexibility index (Phi) is 3.33. The van der Waals surface area contributed by atoms with Gasteiger partial charge in [-0.05, 0) is 22.6 Å². The van der Waals surface area contributed by atoms with Crippen molar-refractivity contribution in [2.24, 2.45) is 0 Å². The molecule has 0 bridgehead atoms. The van der Waals surface area contributed by atoms with Gasteiger partial charge in [0.2, 0.25) is 0 Å². The Morgan fingerprint density at radius 2 is 2.36 bits per heavy atom. The normalized spacial score (nSPS) is 9.57. The molecule has 0 spiro atoms. The van der Waals surface area contributed by atoms with Crippen molar-refractivity contribution in [2.45, 2.75) is 0 Å². The van der Waals surface area contributed by atoms with E-state index in [-0.39, 0.29) is 15.0 Å². The second kappa shape index (κ2) is 4.31. The predicted octanol–water partition coefficient (Wildman–Crippen LogP) is 1.38. The molecule has 0 radical (unpaired) electrons. The lowest BCUT2D eigenvalue weighted by molar-refractivity contribution is -0.386. The van der Waals surface area contributed by atoms with Gasteiger partial charge in [0.15, 0.2) is 3.70 Å². The molecule has 0 atom stereocenters. The van der Waals surface area contributed by atoms with Crippen LogP contribution in [0.5, 0.6) is 0 Å². The molecule has 6 nitrogen and oxygen atoms in total. The van der Waals surface area contributed by atoms with Crippen LogP contribution in [-0.2, 0) is 4.74 Å². The van der Waals surface area contributed by atoms with Crippen molar-refractivity contribution in [3.8, 4) is 0 Å². The van der Waals surface area contributed by atoms with Crippen molar-refractivity contribution >= 4 is 34.2 Å². The predicted molar refractivity (Wildman–Crippen MR) is 54.9 cm³/mol. The van der Waals surface area contributed by atoms with Crippen molar-refractivity contribution in [1.82, 2.24) is 4.98 Å². The lowest BCUT2D eigenvalue weighted by Crippen LogP contribution is -2.04. The first-order chi connectivity index (χ1) is 6.56. The van der Waals surface area contributed by atoms with E-state index < -0.39 is 10.9 Å². The van der Waals surface area contributed by atoms with Gasteiger partial charge in [-0.15, -0.1) is 0 Å². The molecule has 0 saturated carbocycles. The molecule has 0 fully saturated rings. The van der Waals surface area contributed by atoms with Crippen molar-refractivity contribution in [3.63, 3.8) is 0 Å². The average Bonchev–Trinajstić information content (AvgIpc) is 2.17. The van der Waals surface area contributed by atoms with Gasteiger partial charge in [0.25, 0.3) is 0 Å². The molecule has 1 aromatic rings. The second-order valence-electron chi connectivity index (χ2n) is 2.28. The number of carbonyl (C=O) groups is 1. The molecule has 1 aromatic heterocycles. The second-order valence-corrected chi connectivity index (χ2v) is 3.30. The molecule has 1 heterocycles. The molecular formula is C7H5IN2O4. The Balaban J connectivity index is 3.19. The standard InChI is InChI=1S/C7H5IN2O4/c1-14-7(11)4-2-5(10(12)13)6(8)9-3-4/h2-3H,1H3. The summed E-state index contributed by atoms with van der Waals surface area (Å²) in [5.74, 6) is -0.642.